The number of aromatic nitrogens is 4. The minimum atomic E-state index is -0.634. The minimum absolute atomic E-state index is 0.148. The molecule has 1 atom stereocenters. The van der Waals surface area contributed by atoms with Crippen LogP contribution in [0.15, 0.2) is 36.5 Å². The molecule has 0 bridgehead atoms. The third-order valence-electron chi connectivity index (χ3n) is 3.03. The highest BCUT2D eigenvalue weighted by molar-refractivity contribution is 7.71. The lowest BCUT2D eigenvalue weighted by Gasteiger charge is -2.12. The fourth-order valence-electron chi connectivity index (χ4n) is 1.91. The number of hydrogen-bond acceptors (Lipinski definition) is 5. The number of pyridine rings is 1. The predicted molar refractivity (Wildman–Crippen MR) is 88.5 cm³/mol. The van der Waals surface area contributed by atoms with E-state index in [1.807, 2.05) is 6.92 Å². The van der Waals surface area contributed by atoms with Gasteiger partial charge in [-0.2, -0.15) is 0 Å². The van der Waals surface area contributed by atoms with Crippen molar-refractivity contribution in [3.63, 3.8) is 0 Å². The molecule has 9 heteroatoms. The van der Waals surface area contributed by atoms with Gasteiger partial charge in [0.2, 0.25) is 4.77 Å². The molecule has 24 heavy (non-hydrogen) atoms. The quantitative estimate of drug-likeness (QED) is 0.646. The molecule has 0 unspecified atom stereocenters. The van der Waals surface area contributed by atoms with Crippen LogP contribution < -0.4 is 9.47 Å². The van der Waals surface area contributed by atoms with E-state index in [0.717, 1.165) is 6.07 Å². The highest BCUT2D eigenvalue weighted by Gasteiger charge is 2.11. The second-order valence-corrected chi connectivity index (χ2v) is 5.65. The summed E-state index contributed by atoms with van der Waals surface area (Å²) in [6, 6.07) is 7.81. The van der Waals surface area contributed by atoms with Crippen molar-refractivity contribution in [2.24, 2.45) is 0 Å². The van der Waals surface area contributed by atoms with Crippen LogP contribution in [0.4, 0.5) is 4.39 Å². The molecule has 0 radical (unpaired) electrons. The van der Waals surface area contributed by atoms with Crippen LogP contribution in [0.3, 0.4) is 0 Å². The van der Waals surface area contributed by atoms with E-state index in [1.54, 1.807) is 24.3 Å². The lowest BCUT2D eigenvalue weighted by molar-refractivity contribution is 0.216. The van der Waals surface area contributed by atoms with E-state index in [4.69, 9.17) is 33.3 Å². The van der Waals surface area contributed by atoms with Gasteiger partial charge in [0.05, 0.1) is 5.02 Å². The number of benzene rings is 1. The number of aromatic amines is 2. The normalized spacial score (nSPS) is 12.0. The first-order valence-corrected chi connectivity index (χ1v) is 7.70. The van der Waals surface area contributed by atoms with Crippen LogP contribution in [0.1, 0.15) is 18.9 Å². The molecule has 2 heterocycles. The Bertz CT molecular complexity index is 897. The Morgan fingerprint density at radius 1 is 1.21 bits per heavy atom. The lowest BCUT2D eigenvalue weighted by Crippen LogP contribution is -2.05. The second kappa shape index (κ2) is 6.98. The molecule has 2 aromatic heterocycles. The predicted octanol–water partition coefficient (Wildman–Crippen LogP) is 4.59. The molecule has 1 aromatic carbocycles. The first kappa shape index (κ1) is 16.4. The fourth-order valence-corrected chi connectivity index (χ4v) is 2.20. The molecule has 0 spiro atoms. The van der Waals surface area contributed by atoms with E-state index < -0.39 is 5.82 Å². The van der Waals surface area contributed by atoms with E-state index in [9.17, 15) is 4.39 Å². The van der Waals surface area contributed by atoms with E-state index in [-0.39, 0.29) is 17.0 Å². The zero-order valence-corrected chi connectivity index (χ0v) is 14.0. The molecule has 0 saturated carbocycles. The maximum Gasteiger partial charge on any atom is 0.255 e. The summed E-state index contributed by atoms with van der Waals surface area (Å²) in [5.74, 6) is 0.827. The fraction of sp³-hybridized carbons (Fsp3) is 0.133. The zero-order chi connectivity index (χ0) is 17.1. The van der Waals surface area contributed by atoms with Crippen LogP contribution in [0.25, 0.3) is 0 Å². The molecule has 0 fully saturated rings. The molecule has 3 aromatic rings. The van der Waals surface area contributed by atoms with Crippen LogP contribution in [0, 0.1) is 10.6 Å². The van der Waals surface area contributed by atoms with Gasteiger partial charge < -0.3 is 9.47 Å². The standard InChI is InChI=1S/C15H12ClFN4O2S/c1-8(13-19-15(24)21-20-13)22-10-2-4-11(5-3-10)23-14-12(17)6-9(16)7-18-14/h2-8H,1H3,(H2,19,20,21,24)/t8-/m1/s1. The van der Waals surface area contributed by atoms with Gasteiger partial charge in [0, 0.05) is 6.20 Å². The third kappa shape index (κ3) is 3.90. The molecule has 0 saturated heterocycles. The minimum Gasteiger partial charge on any atom is -0.483 e. The average molecular weight is 367 g/mol. The highest BCUT2D eigenvalue weighted by Crippen LogP contribution is 2.27. The van der Waals surface area contributed by atoms with E-state index in [0.29, 0.717) is 22.1 Å². The number of nitrogens with one attached hydrogen (secondary N) is 2. The summed E-state index contributed by atoms with van der Waals surface area (Å²) in [5.41, 5.74) is 0. The number of H-pyrrole nitrogens is 2. The second-order valence-electron chi connectivity index (χ2n) is 4.83. The highest BCUT2D eigenvalue weighted by atomic mass is 35.5. The van der Waals surface area contributed by atoms with Crippen LogP contribution in [0.5, 0.6) is 17.4 Å². The Morgan fingerprint density at radius 2 is 1.92 bits per heavy atom. The van der Waals surface area contributed by atoms with Crippen molar-refractivity contribution < 1.29 is 13.9 Å². The van der Waals surface area contributed by atoms with Gasteiger partial charge in [0.1, 0.15) is 11.5 Å². The maximum absolute atomic E-state index is 13.7. The summed E-state index contributed by atoms with van der Waals surface area (Å²) in [6.45, 7) is 1.83. The summed E-state index contributed by atoms with van der Waals surface area (Å²) in [7, 11) is 0. The molecular formula is C15H12ClFN4O2S. The van der Waals surface area contributed by atoms with Crippen LogP contribution in [-0.2, 0) is 0 Å². The van der Waals surface area contributed by atoms with Gasteiger partial charge in [-0.3, -0.25) is 10.2 Å². The molecule has 6 nitrogen and oxygen atoms in total. The first-order valence-electron chi connectivity index (χ1n) is 6.91. The van der Waals surface area contributed by atoms with Crippen molar-refractivity contribution in [3.05, 3.63) is 58.0 Å². The van der Waals surface area contributed by atoms with Gasteiger partial charge >= 0.3 is 0 Å². The van der Waals surface area contributed by atoms with Gasteiger partial charge in [-0.05, 0) is 49.5 Å². The molecular weight excluding hydrogens is 355 g/mol. The molecule has 124 valence electrons. The van der Waals surface area contributed by atoms with Gasteiger partial charge in [-0.25, -0.2) is 14.4 Å². The number of halogens is 2. The van der Waals surface area contributed by atoms with Crippen molar-refractivity contribution in [1.29, 1.82) is 0 Å². The van der Waals surface area contributed by atoms with E-state index in [1.165, 1.54) is 6.20 Å². The summed E-state index contributed by atoms with van der Waals surface area (Å²) in [6.07, 6.45) is 0.993. The van der Waals surface area contributed by atoms with Gasteiger partial charge in [-0.1, -0.05) is 11.6 Å². The van der Waals surface area contributed by atoms with Crippen molar-refractivity contribution in [3.8, 4) is 17.4 Å². The smallest absolute Gasteiger partial charge is 0.255 e. The first-order chi connectivity index (χ1) is 11.5. The maximum atomic E-state index is 13.7. The van der Waals surface area contributed by atoms with E-state index in [2.05, 4.69) is 20.2 Å². The van der Waals surface area contributed by atoms with Crippen molar-refractivity contribution in [1.82, 2.24) is 20.2 Å². The largest absolute Gasteiger partial charge is 0.483 e. The Balaban J connectivity index is 1.68. The molecule has 0 aliphatic rings. The lowest BCUT2D eigenvalue weighted by atomic mass is 10.3. The number of nitrogens with zero attached hydrogens (tertiary/aromatic N) is 2. The van der Waals surface area contributed by atoms with E-state index >= 15 is 0 Å². The Hall–Kier alpha value is -2.45. The Labute approximate surface area is 146 Å². The Kier molecular flexibility index (Phi) is 4.77. The Morgan fingerprint density at radius 3 is 2.54 bits per heavy atom. The van der Waals surface area contributed by atoms with Gasteiger partial charge in [0.15, 0.2) is 17.7 Å². The number of rotatable bonds is 5. The molecule has 0 aliphatic heterocycles. The molecule has 0 amide bonds. The summed E-state index contributed by atoms with van der Waals surface area (Å²) in [4.78, 5) is 7.89. The van der Waals surface area contributed by atoms with Crippen molar-refractivity contribution in [2.75, 3.05) is 0 Å². The molecule has 0 aliphatic carbocycles. The van der Waals surface area contributed by atoms with Gasteiger partial charge in [0.25, 0.3) is 5.88 Å². The number of hydrogen-bond donors (Lipinski definition) is 2. The average Bonchev–Trinajstić information content (AvgIpc) is 2.98. The summed E-state index contributed by atoms with van der Waals surface area (Å²) >= 11 is 10.5. The molecule has 3 rings (SSSR count). The topological polar surface area (TPSA) is 75.8 Å². The number of ether oxygens (including phenoxy) is 2. The van der Waals surface area contributed by atoms with Crippen LogP contribution >= 0.6 is 23.8 Å². The monoisotopic (exact) mass is 366 g/mol. The van der Waals surface area contributed by atoms with Crippen LogP contribution in [0.2, 0.25) is 5.02 Å². The van der Waals surface area contributed by atoms with Gasteiger partial charge in [-0.15, -0.1) is 0 Å². The van der Waals surface area contributed by atoms with Crippen molar-refractivity contribution in [2.45, 2.75) is 13.0 Å². The zero-order valence-electron chi connectivity index (χ0n) is 12.4. The SMILES string of the molecule is C[C@@H](Oc1ccc(Oc2ncc(Cl)cc2F)cc1)c1nc(=S)[nH][nH]1. The molecule has 2 N–H and O–H groups in total. The summed E-state index contributed by atoms with van der Waals surface area (Å²) in [5, 5.41) is 5.74. The van der Waals surface area contributed by atoms with Crippen LogP contribution in [-0.4, -0.2) is 20.2 Å². The summed E-state index contributed by atoms with van der Waals surface area (Å²) < 4.78 is 25.1. The third-order valence-corrected chi connectivity index (χ3v) is 3.43. The van der Waals surface area contributed by atoms with Crippen molar-refractivity contribution >= 4 is 23.8 Å².